The molecule has 2 atom stereocenters. The van der Waals surface area contributed by atoms with Gasteiger partial charge in [0, 0.05) is 17.5 Å². The SMILES string of the molecule is Cc1cc2oc(=O)cc(CN3C(=O)C(=O)N([C@H]4CCCC[C@H]4C)C3=O)c2cc1C. The molecular formula is C22H24N2O5. The molecule has 4 amide bonds. The van der Waals surface area contributed by atoms with Crippen LogP contribution in [0.15, 0.2) is 27.4 Å². The van der Waals surface area contributed by atoms with Crippen LogP contribution in [0, 0.1) is 19.8 Å². The summed E-state index contributed by atoms with van der Waals surface area (Å²) in [6.45, 7) is 5.73. The van der Waals surface area contributed by atoms with Gasteiger partial charge in [-0.1, -0.05) is 19.8 Å². The van der Waals surface area contributed by atoms with Gasteiger partial charge in [0.25, 0.3) is 0 Å². The van der Waals surface area contributed by atoms with Crippen LogP contribution in [0.3, 0.4) is 0 Å². The Labute approximate surface area is 168 Å². The second kappa shape index (κ2) is 7.13. The predicted molar refractivity (Wildman–Crippen MR) is 106 cm³/mol. The standard InChI is InChI=1S/C22H24N2O5/c1-12-6-4-5-7-17(12)24-21(27)20(26)23(22(24)28)11-15-10-19(25)29-18-9-14(3)13(2)8-16(15)18/h8-10,12,17H,4-7,11H2,1-3H3/t12-,17+/m1/s1. The number of rotatable bonds is 3. The fraction of sp³-hybridized carbons (Fsp3) is 0.455. The third kappa shape index (κ3) is 3.24. The van der Waals surface area contributed by atoms with Crippen molar-refractivity contribution in [2.75, 3.05) is 0 Å². The number of nitrogens with zero attached hydrogens (tertiary/aromatic N) is 2. The van der Waals surface area contributed by atoms with E-state index in [2.05, 4.69) is 0 Å². The number of hydrogen-bond donors (Lipinski definition) is 0. The van der Waals surface area contributed by atoms with Crippen LogP contribution in [0.5, 0.6) is 0 Å². The Kier molecular flexibility index (Phi) is 4.76. The van der Waals surface area contributed by atoms with E-state index in [1.165, 1.54) is 6.07 Å². The molecule has 4 rings (SSSR count). The number of hydrogen-bond acceptors (Lipinski definition) is 5. The van der Waals surface area contributed by atoms with Crippen LogP contribution >= 0.6 is 0 Å². The van der Waals surface area contributed by atoms with Gasteiger partial charge in [-0.25, -0.2) is 9.59 Å². The van der Waals surface area contributed by atoms with Crippen molar-refractivity contribution in [1.82, 2.24) is 9.80 Å². The Hall–Kier alpha value is -2.96. The first-order valence-electron chi connectivity index (χ1n) is 10.0. The fourth-order valence-corrected chi connectivity index (χ4v) is 4.42. The quantitative estimate of drug-likeness (QED) is 0.451. The molecule has 2 fully saturated rings. The number of aryl methyl sites for hydroxylation is 2. The largest absolute Gasteiger partial charge is 0.423 e. The Morgan fingerprint density at radius 3 is 2.38 bits per heavy atom. The molecule has 1 saturated carbocycles. The average Bonchev–Trinajstić information content (AvgIpc) is 2.87. The summed E-state index contributed by atoms with van der Waals surface area (Å²) in [5, 5.41) is 0.658. The van der Waals surface area contributed by atoms with E-state index in [-0.39, 0.29) is 18.5 Å². The number of amides is 4. The minimum absolute atomic E-state index is 0.133. The van der Waals surface area contributed by atoms with Gasteiger partial charge in [0.15, 0.2) is 0 Å². The lowest BCUT2D eigenvalue weighted by Crippen LogP contribution is -2.46. The highest BCUT2D eigenvalue weighted by atomic mass is 16.4. The molecule has 1 aromatic heterocycles. The van der Waals surface area contributed by atoms with Gasteiger partial charge in [-0.2, -0.15) is 0 Å². The Morgan fingerprint density at radius 1 is 0.966 bits per heavy atom. The van der Waals surface area contributed by atoms with Gasteiger partial charge in [0.2, 0.25) is 0 Å². The second-order valence-corrected chi connectivity index (χ2v) is 8.20. The number of urea groups is 1. The van der Waals surface area contributed by atoms with E-state index < -0.39 is 23.5 Å². The van der Waals surface area contributed by atoms with Crippen molar-refractivity contribution in [3.63, 3.8) is 0 Å². The van der Waals surface area contributed by atoms with Gasteiger partial charge in [-0.15, -0.1) is 0 Å². The van der Waals surface area contributed by atoms with Crippen LogP contribution in [-0.2, 0) is 16.1 Å². The normalized spacial score (nSPS) is 22.8. The average molecular weight is 396 g/mol. The molecular weight excluding hydrogens is 372 g/mol. The lowest BCUT2D eigenvalue weighted by Gasteiger charge is -2.34. The molecule has 1 aromatic carbocycles. The van der Waals surface area contributed by atoms with Crippen molar-refractivity contribution in [2.45, 2.75) is 59.0 Å². The highest BCUT2D eigenvalue weighted by molar-refractivity contribution is 6.44. The monoisotopic (exact) mass is 396 g/mol. The highest BCUT2D eigenvalue weighted by Gasteiger charge is 2.49. The Bertz CT molecular complexity index is 1090. The van der Waals surface area contributed by atoms with Crippen LogP contribution in [0.2, 0.25) is 0 Å². The Morgan fingerprint density at radius 2 is 1.66 bits per heavy atom. The summed E-state index contributed by atoms with van der Waals surface area (Å²) >= 11 is 0. The summed E-state index contributed by atoms with van der Waals surface area (Å²) in [6, 6.07) is 4.08. The summed E-state index contributed by atoms with van der Waals surface area (Å²) in [6.07, 6.45) is 3.65. The van der Waals surface area contributed by atoms with Gasteiger partial charge < -0.3 is 4.42 Å². The molecule has 152 valence electrons. The number of imide groups is 2. The first-order chi connectivity index (χ1) is 13.8. The predicted octanol–water partition coefficient (Wildman–Crippen LogP) is 3.28. The van der Waals surface area contributed by atoms with E-state index in [1.807, 2.05) is 26.8 Å². The van der Waals surface area contributed by atoms with E-state index in [0.29, 0.717) is 16.5 Å². The van der Waals surface area contributed by atoms with Crippen molar-refractivity contribution in [2.24, 2.45) is 5.92 Å². The fourth-order valence-electron chi connectivity index (χ4n) is 4.42. The first-order valence-corrected chi connectivity index (χ1v) is 10.0. The van der Waals surface area contributed by atoms with E-state index in [9.17, 15) is 19.2 Å². The molecule has 0 N–H and O–H groups in total. The van der Waals surface area contributed by atoms with E-state index in [4.69, 9.17) is 4.42 Å². The van der Waals surface area contributed by atoms with Crippen molar-refractivity contribution >= 4 is 28.8 Å². The maximum atomic E-state index is 13.0. The minimum Gasteiger partial charge on any atom is -0.423 e. The highest BCUT2D eigenvalue weighted by Crippen LogP contribution is 2.32. The molecule has 1 aliphatic heterocycles. The molecule has 2 aliphatic rings. The molecule has 2 heterocycles. The van der Waals surface area contributed by atoms with Crippen molar-refractivity contribution in [3.05, 3.63) is 45.3 Å². The van der Waals surface area contributed by atoms with Gasteiger partial charge in [-0.05, 0) is 61.4 Å². The van der Waals surface area contributed by atoms with Crippen molar-refractivity contribution in [3.8, 4) is 0 Å². The molecule has 1 saturated heterocycles. The van der Waals surface area contributed by atoms with Crippen LogP contribution in [-0.4, -0.2) is 33.7 Å². The molecule has 0 unspecified atom stereocenters. The molecule has 0 bridgehead atoms. The third-order valence-corrected chi connectivity index (χ3v) is 6.25. The van der Waals surface area contributed by atoms with Crippen molar-refractivity contribution in [1.29, 1.82) is 0 Å². The van der Waals surface area contributed by atoms with Crippen LogP contribution < -0.4 is 5.63 Å². The number of benzene rings is 1. The number of carbonyl (C=O) groups is 3. The zero-order chi connectivity index (χ0) is 20.9. The second-order valence-electron chi connectivity index (χ2n) is 8.20. The summed E-state index contributed by atoms with van der Waals surface area (Å²) in [4.78, 5) is 52.4. The maximum Gasteiger partial charge on any atom is 0.336 e. The van der Waals surface area contributed by atoms with Crippen LogP contribution in [0.4, 0.5) is 4.79 Å². The lowest BCUT2D eigenvalue weighted by molar-refractivity contribution is -0.144. The molecule has 7 nitrogen and oxygen atoms in total. The van der Waals surface area contributed by atoms with Crippen molar-refractivity contribution < 1.29 is 18.8 Å². The zero-order valence-corrected chi connectivity index (χ0v) is 16.9. The number of carbonyl (C=O) groups excluding carboxylic acids is 3. The van der Waals surface area contributed by atoms with Gasteiger partial charge in [-0.3, -0.25) is 19.4 Å². The lowest BCUT2D eigenvalue weighted by atomic mass is 9.85. The summed E-state index contributed by atoms with van der Waals surface area (Å²) in [7, 11) is 0. The summed E-state index contributed by atoms with van der Waals surface area (Å²) < 4.78 is 5.29. The summed E-state index contributed by atoms with van der Waals surface area (Å²) in [5.74, 6) is -1.44. The van der Waals surface area contributed by atoms with Gasteiger partial charge in [0.05, 0.1) is 6.54 Å². The zero-order valence-electron chi connectivity index (χ0n) is 16.9. The number of fused-ring (bicyclic) bond motifs is 1. The van der Waals surface area contributed by atoms with Crippen LogP contribution in [0.1, 0.15) is 49.3 Å². The van der Waals surface area contributed by atoms with Crippen LogP contribution in [0.25, 0.3) is 11.0 Å². The van der Waals surface area contributed by atoms with Gasteiger partial charge in [0.1, 0.15) is 5.58 Å². The molecule has 29 heavy (non-hydrogen) atoms. The molecule has 0 radical (unpaired) electrons. The Balaban J connectivity index is 1.70. The smallest absolute Gasteiger partial charge is 0.336 e. The van der Waals surface area contributed by atoms with E-state index in [1.54, 1.807) is 6.07 Å². The molecule has 1 aliphatic carbocycles. The minimum atomic E-state index is -0.835. The molecule has 2 aromatic rings. The maximum absolute atomic E-state index is 13.0. The van der Waals surface area contributed by atoms with E-state index in [0.717, 1.165) is 46.6 Å². The molecule has 7 heteroatoms. The molecule has 0 spiro atoms. The summed E-state index contributed by atoms with van der Waals surface area (Å²) in [5.41, 5.74) is 2.31. The third-order valence-electron chi connectivity index (χ3n) is 6.25. The first kappa shape index (κ1) is 19.4. The van der Waals surface area contributed by atoms with Gasteiger partial charge >= 0.3 is 23.5 Å². The van der Waals surface area contributed by atoms with E-state index >= 15 is 0 Å². The topological polar surface area (TPSA) is 87.9 Å².